The molecule has 0 spiro atoms. The summed E-state index contributed by atoms with van der Waals surface area (Å²) in [7, 11) is 0. The maximum atomic E-state index is 13.2. The van der Waals surface area contributed by atoms with Gasteiger partial charge >= 0.3 is 0 Å². The van der Waals surface area contributed by atoms with Crippen molar-refractivity contribution in [2.75, 3.05) is 13.1 Å². The van der Waals surface area contributed by atoms with Crippen molar-refractivity contribution in [2.45, 2.75) is 31.8 Å². The van der Waals surface area contributed by atoms with Crippen LogP contribution in [0.25, 0.3) is 0 Å². The molecular formula is C13H18F2N2. The van der Waals surface area contributed by atoms with Crippen molar-refractivity contribution >= 4 is 0 Å². The van der Waals surface area contributed by atoms with E-state index >= 15 is 0 Å². The van der Waals surface area contributed by atoms with Crippen molar-refractivity contribution in [1.82, 2.24) is 4.90 Å². The average molecular weight is 240 g/mol. The zero-order valence-electron chi connectivity index (χ0n) is 10.00. The Morgan fingerprint density at radius 3 is 2.47 bits per heavy atom. The van der Waals surface area contributed by atoms with Crippen LogP contribution in [0.5, 0.6) is 0 Å². The van der Waals surface area contributed by atoms with Gasteiger partial charge in [-0.3, -0.25) is 4.90 Å². The van der Waals surface area contributed by atoms with Crippen molar-refractivity contribution in [3.05, 3.63) is 35.4 Å². The molecule has 2 N–H and O–H groups in total. The fourth-order valence-electron chi connectivity index (χ4n) is 2.65. The molecule has 2 rings (SSSR count). The normalized spacial score (nSPS) is 22.9. The number of rotatable bonds is 3. The van der Waals surface area contributed by atoms with E-state index in [9.17, 15) is 8.78 Å². The third-order valence-electron chi connectivity index (χ3n) is 3.50. The second-order valence-corrected chi connectivity index (χ2v) is 4.68. The SMILES string of the molecule is CC1CCCN1C(CN)c1cc(F)cc(F)c1. The van der Waals surface area contributed by atoms with Gasteiger partial charge in [-0.2, -0.15) is 0 Å². The molecular weight excluding hydrogens is 222 g/mol. The van der Waals surface area contributed by atoms with E-state index < -0.39 is 11.6 Å². The molecule has 1 heterocycles. The molecule has 2 unspecified atom stereocenters. The fourth-order valence-corrected chi connectivity index (χ4v) is 2.65. The Kier molecular flexibility index (Phi) is 3.74. The van der Waals surface area contributed by atoms with Gasteiger partial charge in [0.25, 0.3) is 0 Å². The summed E-state index contributed by atoms with van der Waals surface area (Å²) in [5.74, 6) is -1.07. The minimum absolute atomic E-state index is 0.0855. The average Bonchev–Trinajstić information content (AvgIpc) is 2.65. The van der Waals surface area contributed by atoms with Crippen molar-refractivity contribution in [1.29, 1.82) is 0 Å². The number of nitrogens with zero attached hydrogens (tertiary/aromatic N) is 1. The molecule has 1 fully saturated rings. The molecule has 17 heavy (non-hydrogen) atoms. The fraction of sp³-hybridized carbons (Fsp3) is 0.538. The second kappa shape index (κ2) is 5.10. The minimum Gasteiger partial charge on any atom is -0.329 e. The van der Waals surface area contributed by atoms with Crippen molar-refractivity contribution in [3.63, 3.8) is 0 Å². The number of halogens is 2. The summed E-state index contributed by atoms with van der Waals surface area (Å²) >= 11 is 0. The van der Waals surface area contributed by atoms with E-state index in [1.807, 2.05) is 0 Å². The van der Waals surface area contributed by atoms with Gasteiger partial charge in [0.2, 0.25) is 0 Å². The van der Waals surface area contributed by atoms with Crippen LogP contribution in [0.2, 0.25) is 0 Å². The minimum atomic E-state index is -0.537. The number of hydrogen-bond acceptors (Lipinski definition) is 2. The first-order valence-electron chi connectivity index (χ1n) is 6.03. The summed E-state index contributed by atoms with van der Waals surface area (Å²) in [5, 5.41) is 0. The number of nitrogens with two attached hydrogens (primary N) is 1. The Bertz CT molecular complexity index is 375. The van der Waals surface area contributed by atoms with E-state index in [0.717, 1.165) is 25.5 Å². The third-order valence-corrected chi connectivity index (χ3v) is 3.50. The molecule has 1 aromatic rings. The lowest BCUT2D eigenvalue weighted by molar-refractivity contribution is 0.195. The van der Waals surface area contributed by atoms with Gasteiger partial charge in [0, 0.05) is 24.7 Å². The summed E-state index contributed by atoms with van der Waals surface area (Å²) in [6, 6.07) is 3.99. The van der Waals surface area contributed by atoms with E-state index in [-0.39, 0.29) is 6.04 Å². The molecule has 2 atom stereocenters. The Morgan fingerprint density at radius 1 is 1.35 bits per heavy atom. The van der Waals surface area contributed by atoms with Gasteiger partial charge in [-0.25, -0.2) is 8.78 Å². The van der Waals surface area contributed by atoms with Crippen LogP contribution < -0.4 is 5.73 Å². The summed E-state index contributed by atoms with van der Waals surface area (Å²) in [4.78, 5) is 2.23. The van der Waals surface area contributed by atoms with Gasteiger partial charge < -0.3 is 5.73 Å². The van der Waals surface area contributed by atoms with E-state index in [4.69, 9.17) is 5.73 Å². The van der Waals surface area contributed by atoms with Crippen LogP contribution in [-0.4, -0.2) is 24.0 Å². The Hall–Kier alpha value is -1.00. The highest BCUT2D eigenvalue weighted by Crippen LogP contribution is 2.29. The molecule has 4 heteroatoms. The molecule has 1 aliphatic heterocycles. The maximum absolute atomic E-state index is 13.2. The molecule has 0 aromatic heterocycles. The molecule has 0 amide bonds. The van der Waals surface area contributed by atoms with E-state index in [2.05, 4.69) is 11.8 Å². The standard InChI is InChI=1S/C13H18F2N2/c1-9-3-2-4-17(9)13(8-16)10-5-11(14)7-12(15)6-10/h5-7,9,13H,2-4,8,16H2,1H3. The largest absolute Gasteiger partial charge is 0.329 e. The van der Waals surface area contributed by atoms with Gasteiger partial charge in [0.15, 0.2) is 0 Å². The monoisotopic (exact) mass is 240 g/mol. The highest BCUT2D eigenvalue weighted by molar-refractivity contribution is 5.22. The Labute approximate surface area is 100 Å². The predicted octanol–water partition coefficient (Wildman–Crippen LogP) is 2.45. The molecule has 94 valence electrons. The molecule has 0 bridgehead atoms. The van der Waals surface area contributed by atoms with Crippen molar-refractivity contribution < 1.29 is 8.78 Å². The van der Waals surface area contributed by atoms with E-state index in [1.165, 1.54) is 12.1 Å². The van der Waals surface area contributed by atoms with Crippen LogP contribution in [0.15, 0.2) is 18.2 Å². The highest BCUT2D eigenvalue weighted by Gasteiger charge is 2.28. The third kappa shape index (κ3) is 2.64. The van der Waals surface area contributed by atoms with Gasteiger partial charge in [0.1, 0.15) is 11.6 Å². The second-order valence-electron chi connectivity index (χ2n) is 4.68. The Morgan fingerprint density at radius 2 is 2.00 bits per heavy atom. The van der Waals surface area contributed by atoms with Crippen LogP contribution in [-0.2, 0) is 0 Å². The Balaban J connectivity index is 2.28. The van der Waals surface area contributed by atoms with Gasteiger partial charge in [-0.1, -0.05) is 0 Å². The van der Waals surface area contributed by atoms with Crippen LogP contribution in [0.4, 0.5) is 8.78 Å². The lowest BCUT2D eigenvalue weighted by atomic mass is 10.0. The topological polar surface area (TPSA) is 29.3 Å². The number of likely N-dealkylation sites (tertiary alicyclic amines) is 1. The molecule has 1 aromatic carbocycles. The molecule has 1 aliphatic rings. The van der Waals surface area contributed by atoms with Crippen LogP contribution in [0, 0.1) is 11.6 Å². The van der Waals surface area contributed by atoms with Crippen LogP contribution >= 0.6 is 0 Å². The lowest BCUT2D eigenvalue weighted by Crippen LogP contribution is -2.36. The van der Waals surface area contributed by atoms with Gasteiger partial charge in [-0.15, -0.1) is 0 Å². The van der Waals surface area contributed by atoms with Crippen LogP contribution in [0.3, 0.4) is 0 Å². The first-order valence-corrected chi connectivity index (χ1v) is 6.03. The highest BCUT2D eigenvalue weighted by atomic mass is 19.1. The quantitative estimate of drug-likeness (QED) is 0.879. The number of benzene rings is 1. The molecule has 0 aliphatic carbocycles. The summed E-state index contributed by atoms with van der Waals surface area (Å²) in [6.45, 7) is 3.46. The van der Waals surface area contributed by atoms with Gasteiger partial charge in [0.05, 0.1) is 0 Å². The predicted molar refractivity (Wildman–Crippen MR) is 63.6 cm³/mol. The summed E-state index contributed by atoms with van der Waals surface area (Å²) in [6.07, 6.45) is 2.24. The number of hydrogen-bond donors (Lipinski definition) is 1. The van der Waals surface area contributed by atoms with Crippen molar-refractivity contribution in [2.24, 2.45) is 5.73 Å². The molecule has 0 saturated carbocycles. The lowest BCUT2D eigenvalue weighted by Gasteiger charge is -2.30. The smallest absolute Gasteiger partial charge is 0.126 e. The summed E-state index contributed by atoms with van der Waals surface area (Å²) in [5.41, 5.74) is 6.40. The molecule has 1 saturated heterocycles. The first-order chi connectivity index (χ1) is 8.11. The maximum Gasteiger partial charge on any atom is 0.126 e. The zero-order chi connectivity index (χ0) is 12.4. The first kappa shape index (κ1) is 12.5. The van der Waals surface area contributed by atoms with E-state index in [1.54, 1.807) is 0 Å². The van der Waals surface area contributed by atoms with Crippen LogP contribution in [0.1, 0.15) is 31.4 Å². The van der Waals surface area contributed by atoms with Crippen molar-refractivity contribution in [3.8, 4) is 0 Å². The molecule has 0 radical (unpaired) electrons. The van der Waals surface area contributed by atoms with Gasteiger partial charge in [-0.05, 0) is 44.0 Å². The summed E-state index contributed by atoms with van der Waals surface area (Å²) < 4.78 is 26.4. The van der Waals surface area contributed by atoms with E-state index in [0.29, 0.717) is 18.2 Å². The zero-order valence-corrected chi connectivity index (χ0v) is 10.00. The molecule has 2 nitrogen and oxygen atoms in total.